The minimum absolute atomic E-state index is 0.471. The molecule has 6 heteroatoms. The average molecular weight is 336 g/mol. The van der Waals surface area contributed by atoms with Crippen molar-refractivity contribution in [2.24, 2.45) is 0 Å². The van der Waals surface area contributed by atoms with Gasteiger partial charge in [-0.3, -0.25) is 0 Å². The summed E-state index contributed by atoms with van der Waals surface area (Å²) >= 11 is 0. The number of nitrogens with one attached hydrogen (secondary N) is 2. The van der Waals surface area contributed by atoms with E-state index in [1.807, 2.05) is 0 Å². The van der Waals surface area contributed by atoms with E-state index in [1.54, 1.807) is 13.8 Å². The molecular formula is C17H24N2O3S. The van der Waals surface area contributed by atoms with Gasteiger partial charge in [0, 0.05) is 5.69 Å². The van der Waals surface area contributed by atoms with E-state index in [-0.39, 0.29) is 0 Å². The van der Waals surface area contributed by atoms with Gasteiger partial charge in [-0.15, -0.1) is 0 Å². The Labute approximate surface area is 137 Å². The molecule has 0 spiro atoms. The molecule has 2 amide bonds. The summed E-state index contributed by atoms with van der Waals surface area (Å²) in [5.74, 6) is 0. The van der Waals surface area contributed by atoms with Crippen molar-refractivity contribution in [2.75, 3.05) is 5.32 Å². The molecule has 23 heavy (non-hydrogen) atoms. The zero-order valence-electron chi connectivity index (χ0n) is 13.7. The van der Waals surface area contributed by atoms with E-state index in [4.69, 9.17) is 0 Å². The van der Waals surface area contributed by atoms with Gasteiger partial charge < -0.3 is 5.32 Å². The van der Waals surface area contributed by atoms with E-state index < -0.39 is 21.3 Å². The first-order chi connectivity index (χ1) is 10.9. The lowest BCUT2D eigenvalue weighted by molar-refractivity contribution is 0.256. The molecule has 1 unspecified atom stereocenters. The Bertz CT molecular complexity index is 708. The molecule has 0 saturated heterocycles. The molecule has 0 saturated carbocycles. The van der Waals surface area contributed by atoms with E-state index in [0.29, 0.717) is 6.42 Å². The summed E-state index contributed by atoms with van der Waals surface area (Å²) in [5, 5.41) is 2.27. The molecule has 2 N–H and O–H groups in total. The van der Waals surface area contributed by atoms with Crippen LogP contribution in [0.15, 0.2) is 6.07 Å². The number of fused-ring (bicyclic) bond motifs is 2. The fraction of sp³-hybridized carbons (Fsp3) is 0.588. The summed E-state index contributed by atoms with van der Waals surface area (Å²) in [6, 6.07) is 1.64. The molecule has 0 fully saturated rings. The van der Waals surface area contributed by atoms with Crippen molar-refractivity contribution in [3.63, 3.8) is 0 Å². The maximum atomic E-state index is 12.2. The Morgan fingerprint density at radius 2 is 1.70 bits per heavy atom. The molecule has 2 aliphatic carbocycles. The van der Waals surface area contributed by atoms with Gasteiger partial charge in [0.2, 0.25) is 10.0 Å². The third-order valence-electron chi connectivity index (χ3n) is 5.05. The first-order valence-electron chi connectivity index (χ1n) is 8.41. The Balaban J connectivity index is 1.85. The molecule has 1 aromatic carbocycles. The first kappa shape index (κ1) is 16.3. The number of amides is 2. The number of carbonyl (C=O) groups is 1. The van der Waals surface area contributed by atoms with E-state index in [2.05, 4.69) is 16.1 Å². The number of carbonyl (C=O) groups excluding carboxylic acids is 1. The van der Waals surface area contributed by atoms with Crippen molar-refractivity contribution in [3.8, 4) is 0 Å². The van der Waals surface area contributed by atoms with E-state index >= 15 is 0 Å². The van der Waals surface area contributed by atoms with Gasteiger partial charge >= 0.3 is 6.03 Å². The number of urea groups is 1. The van der Waals surface area contributed by atoms with Crippen molar-refractivity contribution in [2.45, 2.75) is 64.0 Å². The van der Waals surface area contributed by atoms with Crippen molar-refractivity contribution in [3.05, 3.63) is 28.3 Å². The third-order valence-corrected chi connectivity index (χ3v) is 6.91. The van der Waals surface area contributed by atoms with Crippen LogP contribution in [0, 0.1) is 0 Å². The molecule has 0 bridgehead atoms. The largest absolute Gasteiger partial charge is 0.332 e. The van der Waals surface area contributed by atoms with Gasteiger partial charge in [-0.2, -0.15) is 0 Å². The van der Waals surface area contributed by atoms with Gasteiger partial charge in [0.25, 0.3) is 0 Å². The van der Waals surface area contributed by atoms with E-state index in [9.17, 15) is 13.2 Å². The fourth-order valence-corrected chi connectivity index (χ4v) is 4.50. The predicted molar refractivity (Wildman–Crippen MR) is 91.3 cm³/mol. The molecule has 0 heterocycles. The maximum Gasteiger partial charge on any atom is 0.332 e. The lowest BCUT2D eigenvalue weighted by atomic mass is 9.99. The van der Waals surface area contributed by atoms with Crippen LogP contribution in [-0.2, 0) is 35.7 Å². The van der Waals surface area contributed by atoms with Crippen LogP contribution in [-0.4, -0.2) is 19.7 Å². The summed E-state index contributed by atoms with van der Waals surface area (Å²) < 4.78 is 26.3. The second kappa shape index (κ2) is 6.15. The monoisotopic (exact) mass is 336 g/mol. The second-order valence-corrected chi connectivity index (χ2v) is 8.65. The SMILES string of the molecule is CCC(C)S(=O)(=O)NC(=O)Nc1c2c(cc3c1CCC3)CCC2. The molecule has 0 aliphatic heterocycles. The van der Waals surface area contributed by atoms with Gasteiger partial charge in [-0.05, 0) is 74.1 Å². The maximum absolute atomic E-state index is 12.2. The minimum Gasteiger partial charge on any atom is -0.307 e. The smallest absolute Gasteiger partial charge is 0.307 e. The van der Waals surface area contributed by atoms with Crippen molar-refractivity contribution >= 4 is 21.7 Å². The number of hydrogen-bond acceptors (Lipinski definition) is 3. The number of hydrogen-bond donors (Lipinski definition) is 2. The zero-order valence-corrected chi connectivity index (χ0v) is 14.6. The predicted octanol–water partition coefficient (Wildman–Crippen LogP) is 2.91. The van der Waals surface area contributed by atoms with Crippen molar-refractivity contribution < 1.29 is 13.2 Å². The molecule has 3 rings (SSSR count). The zero-order chi connectivity index (χ0) is 16.6. The van der Waals surface area contributed by atoms with Crippen molar-refractivity contribution in [1.82, 2.24) is 4.72 Å². The summed E-state index contributed by atoms with van der Waals surface area (Å²) in [6.07, 6.45) is 6.67. The molecular weight excluding hydrogens is 312 g/mol. The summed E-state index contributed by atoms with van der Waals surface area (Å²) in [4.78, 5) is 12.2. The van der Waals surface area contributed by atoms with Gasteiger partial charge in [-0.1, -0.05) is 13.0 Å². The van der Waals surface area contributed by atoms with Gasteiger partial charge in [0.05, 0.1) is 5.25 Å². The number of aryl methyl sites for hydroxylation is 2. The normalized spacial score (nSPS) is 17.5. The number of anilines is 1. The van der Waals surface area contributed by atoms with Gasteiger partial charge in [0.15, 0.2) is 0 Å². The molecule has 126 valence electrons. The number of benzene rings is 1. The van der Waals surface area contributed by atoms with Crippen molar-refractivity contribution in [1.29, 1.82) is 0 Å². The second-order valence-electron chi connectivity index (χ2n) is 6.55. The Morgan fingerprint density at radius 1 is 1.13 bits per heavy atom. The third kappa shape index (κ3) is 3.09. The summed E-state index contributed by atoms with van der Waals surface area (Å²) in [6.45, 7) is 3.40. The lowest BCUT2D eigenvalue weighted by Gasteiger charge is -2.17. The average Bonchev–Trinajstić information content (AvgIpc) is 3.13. The molecule has 1 atom stereocenters. The summed E-state index contributed by atoms with van der Waals surface area (Å²) in [7, 11) is -3.62. The highest BCUT2D eigenvalue weighted by Gasteiger charge is 2.27. The van der Waals surface area contributed by atoms with Gasteiger partial charge in [0.1, 0.15) is 0 Å². The molecule has 1 aromatic rings. The first-order valence-corrected chi connectivity index (χ1v) is 9.96. The highest BCUT2D eigenvalue weighted by molar-refractivity contribution is 7.90. The van der Waals surface area contributed by atoms with Crippen LogP contribution >= 0.6 is 0 Å². The van der Waals surface area contributed by atoms with Gasteiger partial charge in [-0.25, -0.2) is 17.9 Å². The quantitative estimate of drug-likeness (QED) is 0.888. The topological polar surface area (TPSA) is 75.3 Å². The van der Waals surface area contributed by atoms with E-state index in [0.717, 1.165) is 44.2 Å². The van der Waals surface area contributed by atoms with Crippen LogP contribution in [0.5, 0.6) is 0 Å². The molecule has 2 aliphatic rings. The minimum atomic E-state index is -3.62. The standard InChI is InChI=1S/C17H24N2O3S/c1-3-11(2)23(21,22)19-17(20)18-16-14-8-4-6-12(14)10-13-7-5-9-15(13)16/h10-11H,3-9H2,1-2H3,(H2,18,19,20). The highest BCUT2D eigenvalue weighted by atomic mass is 32.2. The van der Waals surface area contributed by atoms with Crippen LogP contribution in [0.25, 0.3) is 0 Å². The molecule has 0 radical (unpaired) electrons. The van der Waals surface area contributed by atoms with E-state index in [1.165, 1.54) is 22.3 Å². The Morgan fingerprint density at radius 3 is 2.22 bits per heavy atom. The highest BCUT2D eigenvalue weighted by Crippen LogP contribution is 2.38. The lowest BCUT2D eigenvalue weighted by Crippen LogP contribution is -2.39. The van der Waals surface area contributed by atoms with Crippen LogP contribution < -0.4 is 10.0 Å². The van der Waals surface area contributed by atoms with Crippen LogP contribution in [0.3, 0.4) is 0 Å². The Hall–Kier alpha value is -1.56. The fourth-order valence-electron chi connectivity index (χ4n) is 3.56. The summed E-state index contributed by atoms with van der Waals surface area (Å²) in [5.41, 5.74) is 5.88. The molecule has 5 nitrogen and oxygen atoms in total. The van der Waals surface area contributed by atoms with Crippen LogP contribution in [0.2, 0.25) is 0 Å². The number of sulfonamides is 1. The van der Waals surface area contributed by atoms with Crippen LogP contribution in [0.1, 0.15) is 55.4 Å². The number of rotatable bonds is 4. The Kier molecular flexibility index (Phi) is 4.36. The molecule has 0 aromatic heterocycles. The van der Waals surface area contributed by atoms with Crippen LogP contribution in [0.4, 0.5) is 10.5 Å².